The van der Waals surface area contributed by atoms with Gasteiger partial charge in [-0.15, -0.1) is 11.8 Å². The van der Waals surface area contributed by atoms with Gasteiger partial charge in [0.2, 0.25) is 0 Å². The zero-order valence-corrected chi connectivity index (χ0v) is 22.9. The number of nitrogens with one attached hydrogen (secondary N) is 2. The van der Waals surface area contributed by atoms with Gasteiger partial charge in [-0.2, -0.15) is 0 Å². The van der Waals surface area contributed by atoms with Crippen LogP contribution in [-0.2, 0) is 29.0 Å². The van der Waals surface area contributed by atoms with Gasteiger partial charge < -0.3 is 31.1 Å². The van der Waals surface area contributed by atoms with Crippen LogP contribution in [0.3, 0.4) is 0 Å². The Labute approximate surface area is 226 Å². The van der Waals surface area contributed by atoms with Gasteiger partial charge in [0, 0.05) is 12.7 Å². The number of carbonyl (C=O) groups is 2. The maximum Gasteiger partial charge on any atom is 0.335 e. The third-order valence-electron chi connectivity index (χ3n) is 5.66. The molecule has 0 saturated carbocycles. The topological polar surface area (TPSA) is 152 Å². The minimum absolute atomic E-state index is 0.374. The fraction of sp³-hybridized carbons (Fsp3) is 0.500. The standard InChI is InChI=1S/C22H30ClN3S.C4H6O6/c1-22(2,3)10-13-27-20-7-4-16(14-25-20)15-26-21-18-9-12-24-11-8-17(18)5-6-19(21)23;5-1(3(7)8)2(6)4(9)10/h4-7,14,24,26H,8-13,15H2,1-3H3;1-2,5-6H,(H,7,8)(H,9,10)/t;1-,2-/m.1/s1. The van der Waals surface area contributed by atoms with E-state index in [1.807, 2.05) is 24.0 Å². The van der Waals surface area contributed by atoms with Crippen molar-refractivity contribution in [2.45, 2.75) is 63.8 Å². The van der Waals surface area contributed by atoms with Crippen molar-refractivity contribution in [1.82, 2.24) is 10.3 Å². The largest absolute Gasteiger partial charge is 0.479 e. The van der Waals surface area contributed by atoms with Crippen molar-refractivity contribution in [2.75, 3.05) is 24.2 Å². The number of thioether (sulfide) groups is 1. The fourth-order valence-corrected chi connectivity index (χ4v) is 4.92. The molecular formula is C26H36ClN3O6S. The average Bonchev–Trinajstić information content (AvgIpc) is 3.08. The van der Waals surface area contributed by atoms with E-state index in [0.29, 0.717) is 5.41 Å². The lowest BCUT2D eigenvalue weighted by atomic mass is 9.94. The lowest BCUT2D eigenvalue weighted by Gasteiger charge is -2.17. The van der Waals surface area contributed by atoms with Crippen LogP contribution in [0.25, 0.3) is 0 Å². The van der Waals surface area contributed by atoms with E-state index in [4.69, 9.17) is 32.0 Å². The molecule has 6 N–H and O–H groups in total. The summed E-state index contributed by atoms with van der Waals surface area (Å²) in [5, 5.41) is 41.5. The molecule has 1 aromatic carbocycles. The predicted molar refractivity (Wildman–Crippen MR) is 145 cm³/mol. The van der Waals surface area contributed by atoms with Crippen LogP contribution < -0.4 is 10.6 Å². The Morgan fingerprint density at radius 2 is 1.73 bits per heavy atom. The molecule has 0 unspecified atom stereocenters. The molecular weight excluding hydrogens is 518 g/mol. The molecule has 3 rings (SSSR count). The summed E-state index contributed by atoms with van der Waals surface area (Å²) in [6, 6.07) is 8.47. The summed E-state index contributed by atoms with van der Waals surface area (Å²) in [7, 11) is 0. The molecule has 2 aromatic rings. The van der Waals surface area contributed by atoms with Gasteiger partial charge in [-0.3, -0.25) is 0 Å². The first-order valence-electron chi connectivity index (χ1n) is 12.0. The normalized spacial score (nSPS) is 14.9. The van der Waals surface area contributed by atoms with E-state index < -0.39 is 24.1 Å². The number of carboxylic acids is 2. The highest BCUT2D eigenvalue weighted by Gasteiger charge is 2.29. The highest BCUT2D eigenvalue weighted by molar-refractivity contribution is 7.99. The van der Waals surface area contributed by atoms with E-state index in [2.05, 4.69) is 54.6 Å². The van der Waals surface area contributed by atoms with Crippen LogP contribution in [0.15, 0.2) is 35.5 Å². The number of hydrogen-bond acceptors (Lipinski definition) is 8. The second-order valence-electron chi connectivity index (χ2n) is 9.89. The summed E-state index contributed by atoms with van der Waals surface area (Å²) in [6.07, 6.45) is 0.705. The summed E-state index contributed by atoms with van der Waals surface area (Å²) in [5.41, 5.74) is 5.39. The quantitative estimate of drug-likeness (QED) is 0.255. The number of pyridine rings is 1. The molecule has 2 atom stereocenters. The molecule has 0 spiro atoms. The average molecular weight is 554 g/mol. The zero-order chi connectivity index (χ0) is 27.6. The summed E-state index contributed by atoms with van der Waals surface area (Å²) in [4.78, 5) is 24.2. The van der Waals surface area contributed by atoms with Crippen molar-refractivity contribution in [2.24, 2.45) is 5.41 Å². The third kappa shape index (κ3) is 10.5. The Kier molecular flexibility index (Phi) is 12.1. The molecule has 0 radical (unpaired) electrons. The first-order valence-corrected chi connectivity index (χ1v) is 13.4. The molecule has 0 saturated heterocycles. The number of aromatic nitrogens is 1. The Bertz CT molecular complexity index is 1030. The maximum absolute atomic E-state index is 9.77. The summed E-state index contributed by atoms with van der Waals surface area (Å²) < 4.78 is 0. The Morgan fingerprint density at radius 3 is 2.30 bits per heavy atom. The number of anilines is 1. The number of halogens is 1. The molecule has 0 aliphatic carbocycles. The zero-order valence-electron chi connectivity index (χ0n) is 21.3. The van der Waals surface area contributed by atoms with Gasteiger partial charge in [0.05, 0.1) is 15.7 Å². The molecule has 0 bridgehead atoms. The molecule has 1 aliphatic heterocycles. The molecule has 11 heteroatoms. The molecule has 1 aliphatic rings. The smallest absolute Gasteiger partial charge is 0.335 e. The number of aliphatic hydroxyl groups excluding tert-OH is 2. The van der Waals surface area contributed by atoms with Crippen molar-refractivity contribution >= 4 is 41.0 Å². The van der Waals surface area contributed by atoms with E-state index in [-0.39, 0.29) is 0 Å². The van der Waals surface area contributed by atoms with Gasteiger partial charge in [-0.05, 0) is 72.3 Å². The van der Waals surface area contributed by atoms with Crippen molar-refractivity contribution in [3.63, 3.8) is 0 Å². The number of hydrogen-bond donors (Lipinski definition) is 6. The van der Waals surface area contributed by atoms with Gasteiger partial charge in [-0.1, -0.05) is 44.5 Å². The molecule has 0 fully saturated rings. The van der Waals surface area contributed by atoms with Crippen molar-refractivity contribution in [3.8, 4) is 0 Å². The molecule has 37 heavy (non-hydrogen) atoms. The Balaban J connectivity index is 0.000000410. The first-order chi connectivity index (χ1) is 17.4. The summed E-state index contributed by atoms with van der Waals surface area (Å²) >= 11 is 8.33. The number of aliphatic hydroxyl groups is 2. The van der Waals surface area contributed by atoms with Gasteiger partial charge in [0.25, 0.3) is 0 Å². The van der Waals surface area contributed by atoms with Crippen molar-refractivity contribution < 1.29 is 30.0 Å². The number of carboxylic acid groups (broad SMARTS) is 2. The van der Waals surface area contributed by atoms with Crippen LogP contribution in [0.5, 0.6) is 0 Å². The monoisotopic (exact) mass is 553 g/mol. The molecule has 0 amide bonds. The second-order valence-corrected chi connectivity index (χ2v) is 11.4. The van der Waals surface area contributed by atoms with Crippen LogP contribution in [0.1, 0.15) is 43.9 Å². The molecule has 2 heterocycles. The van der Waals surface area contributed by atoms with Crippen LogP contribution in [0.4, 0.5) is 5.69 Å². The van der Waals surface area contributed by atoms with Crippen LogP contribution >= 0.6 is 23.4 Å². The Hall–Kier alpha value is -2.37. The molecule has 1 aromatic heterocycles. The van der Waals surface area contributed by atoms with E-state index in [1.165, 1.54) is 23.1 Å². The number of fused-ring (bicyclic) bond motifs is 1. The van der Waals surface area contributed by atoms with Gasteiger partial charge in [0.15, 0.2) is 12.2 Å². The molecule has 204 valence electrons. The van der Waals surface area contributed by atoms with Crippen LogP contribution in [0, 0.1) is 5.41 Å². The number of aliphatic carboxylic acids is 2. The number of nitrogens with zero attached hydrogens (tertiary/aromatic N) is 1. The van der Waals surface area contributed by atoms with E-state index in [1.54, 1.807) is 0 Å². The summed E-state index contributed by atoms with van der Waals surface area (Å²) in [6.45, 7) is 9.61. The first kappa shape index (κ1) is 30.9. The third-order valence-corrected chi connectivity index (χ3v) is 6.92. The minimum Gasteiger partial charge on any atom is -0.479 e. The van der Waals surface area contributed by atoms with Gasteiger partial charge in [-0.25, -0.2) is 14.6 Å². The minimum atomic E-state index is -2.27. The van der Waals surface area contributed by atoms with Crippen LogP contribution in [0.2, 0.25) is 5.02 Å². The predicted octanol–water partition coefficient (Wildman–Crippen LogP) is 3.44. The lowest BCUT2D eigenvalue weighted by Crippen LogP contribution is -2.39. The number of rotatable bonds is 9. The van der Waals surface area contributed by atoms with Crippen molar-refractivity contribution in [3.05, 3.63) is 52.2 Å². The van der Waals surface area contributed by atoms with E-state index >= 15 is 0 Å². The van der Waals surface area contributed by atoms with Crippen LogP contribution in [-0.4, -0.2) is 68.4 Å². The maximum atomic E-state index is 9.77. The second kappa shape index (κ2) is 14.5. The van der Waals surface area contributed by atoms with Gasteiger partial charge in [0.1, 0.15) is 0 Å². The highest BCUT2D eigenvalue weighted by Crippen LogP contribution is 2.31. The summed E-state index contributed by atoms with van der Waals surface area (Å²) in [5.74, 6) is -2.43. The highest BCUT2D eigenvalue weighted by atomic mass is 35.5. The van der Waals surface area contributed by atoms with E-state index in [0.717, 1.165) is 54.0 Å². The van der Waals surface area contributed by atoms with Crippen molar-refractivity contribution in [1.29, 1.82) is 0 Å². The Morgan fingerprint density at radius 1 is 1.08 bits per heavy atom. The molecule has 9 nitrogen and oxygen atoms in total. The number of benzene rings is 1. The fourth-order valence-electron chi connectivity index (χ4n) is 3.46. The SMILES string of the molecule is CC(C)(C)CCSc1ccc(CNc2c(Cl)ccc3c2CCNCC3)cn1.O=C(O)[C@H](O)[C@@H](O)C(=O)O. The van der Waals surface area contributed by atoms with Gasteiger partial charge >= 0.3 is 11.9 Å². The van der Waals surface area contributed by atoms with E-state index in [9.17, 15) is 9.59 Å². The lowest BCUT2D eigenvalue weighted by molar-refractivity contribution is -0.165.